The zero-order valence-electron chi connectivity index (χ0n) is 16.5. The summed E-state index contributed by atoms with van der Waals surface area (Å²) in [7, 11) is 0. The van der Waals surface area contributed by atoms with Crippen LogP contribution in [0.2, 0.25) is 5.02 Å². The van der Waals surface area contributed by atoms with E-state index in [1.165, 1.54) is 0 Å². The van der Waals surface area contributed by atoms with Crippen LogP contribution in [0.4, 0.5) is 8.78 Å². The van der Waals surface area contributed by atoms with Crippen LogP contribution in [0, 0.1) is 0 Å². The second kappa shape index (κ2) is 9.23. The van der Waals surface area contributed by atoms with E-state index >= 15 is 0 Å². The molecule has 150 valence electrons. The Morgan fingerprint density at radius 3 is 2.17 bits per heavy atom. The number of rotatable bonds is 7. The van der Waals surface area contributed by atoms with Crippen LogP contribution in [0.3, 0.4) is 0 Å². The van der Waals surface area contributed by atoms with Gasteiger partial charge in [0.15, 0.2) is 0 Å². The van der Waals surface area contributed by atoms with Gasteiger partial charge in [0.05, 0.1) is 0 Å². The Balaban J connectivity index is 1.71. The highest BCUT2D eigenvalue weighted by Gasteiger charge is 2.24. The number of hydrogen-bond donors (Lipinski definition) is 0. The van der Waals surface area contributed by atoms with Gasteiger partial charge in [-0.15, -0.1) is 0 Å². The van der Waals surface area contributed by atoms with E-state index in [1.807, 2.05) is 56.3 Å². The van der Waals surface area contributed by atoms with Gasteiger partial charge in [-0.1, -0.05) is 67.9 Å². The third-order valence-corrected chi connectivity index (χ3v) is 5.01. The standard InChI is InChI=1S/C25H23ClF2O/c1-25(2,19-11-13-20(26)14-12-19)17-24(28)23(27)16-18-7-6-10-22(15-18)29-21-8-4-3-5-9-21/h3-15H,16-17H2,1-2H3/b24-23+. The fraction of sp³-hybridized carbons (Fsp3) is 0.200. The van der Waals surface area contributed by atoms with Crippen molar-refractivity contribution in [2.45, 2.75) is 32.1 Å². The van der Waals surface area contributed by atoms with Crippen molar-refractivity contribution < 1.29 is 13.5 Å². The van der Waals surface area contributed by atoms with Gasteiger partial charge in [-0.25, -0.2) is 8.78 Å². The van der Waals surface area contributed by atoms with Gasteiger partial charge in [-0.3, -0.25) is 0 Å². The first-order chi connectivity index (χ1) is 13.8. The molecule has 0 heterocycles. The van der Waals surface area contributed by atoms with E-state index in [0.717, 1.165) is 5.56 Å². The molecule has 0 radical (unpaired) electrons. The van der Waals surface area contributed by atoms with Gasteiger partial charge in [0, 0.05) is 17.9 Å². The Kier molecular flexibility index (Phi) is 6.71. The van der Waals surface area contributed by atoms with Crippen molar-refractivity contribution in [1.29, 1.82) is 0 Å². The monoisotopic (exact) mass is 412 g/mol. The minimum atomic E-state index is -0.760. The van der Waals surface area contributed by atoms with Crippen molar-refractivity contribution in [3.8, 4) is 11.5 Å². The van der Waals surface area contributed by atoms with Gasteiger partial charge < -0.3 is 4.74 Å². The molecule has 0 aliphatic carbocycles. The summed E-state index contributed by atoms with van der Waals surface area (Å²) in [5.74, 6) is -0.219. The molecule has 0 saturated heterocycles. The Labute approximate surface area is 175 Å². The molecular formula is C25H23ClF2O. The average Bonchev–Trinajstić information content (AvgIpc) is 2.69. The highest BCUT2D eigenvalue weighted by molar-refractivity contribution is 6.30. The Morgan fingerprint density at radius 1 is 0.828 bits per heavy atom. The van der Waals surface area contributed by atoms with Crippen molar-refractivity contribution in [2.24, 2.45) is 0 Å². The van der Waals surface area contributed by atoms with Crippen LogP contribution in [0.15, 0.2) is 90.5 Å². The Morgan fingerprint density at radius 2 is 1.48 bits per heavy atom. The summed E-state index contributed by atoms with van der Waals surface area (Å²) in [6.07, 6.45) is -0.144. The van der Waals surface area contributed by atoms with E-state index in [9.17, 15) is 8.78 Å². The second-order valence-corrected chi connectivity index (χ2v) is 8.05. The molecule has 0 aliphatic rings. The molecule has 0 amide bonds. The average molecular weight is 413 g/mol. The van der Waals surface area contributed by atoms with Crippen LogP contribution in [0.25, 0.3) is 0 Å². The fourth-order valence-corrected chi connectivity index (χ4v) is 3.23. The van der Waals surface area contributed by atoms with E-state index < -0.39 is 17.1 Å². The lowest BCUT2D eigenvalue weighted by Gasteiger charge is -2.24. The number of para-hydroxylation sites is 1. The van der Waals surface area contributed by atoms with Crippen LogP contribution < -0.4 is 4.74 Å². The lowest BCUT2D eigenvalue weighted by Crippen LogP contribution is -2.17. The second-order valence-electron chi connectivity index (χ2n) is 7.62. The maximum absolute atomic E-state index is 14.6. The van der Waals surface area contributed by atoms with Gasteiger partial charge in [-0.2, -0.15) is 0 Å². The smallest absolute Gasteiger partial charge is 0.136 e. The number of allylic oxidation sites excluding steroid dienone is 2. The topological polar surface area (TPSA) is 9.23 Å². The van der Waals surface area contributed by atoms with Crippen LogP contribution in [-0.4, -0.2) is 0 Å². The molecule has 0 saturated carbocycles. The molecule has 0 spiro atoms. The van der Waals surface area contributed by atoms with Crippen molar-refractivity contribution >= 4 is 11.6 Å². The maximum Gasteiger partial charge on any atom is 0.136 e. The molecule has 0 bridgehead atoms. The van der Waals surface area contributed by atoms with Crippen LogP contribution >= 0.6 is 11.6 Å². The van der Waals surface area contributed by atoms with Gasteiger partial charge in [0.2, 0.25) is 0 Å². The van der Waals surface area contributed by atoms with Crippen LogP contribution in [0.5, 0.6) is 11.5 Å². The summed E-state index contributed by atoms with van der Waals surface area (Å²) in [5.41, 5.74) is 1.00. The predicted octanol–water partition coefficient (Wildman–Crippen LogP) is 8.19. The number of hydrogen-bond acceptors (Lipinski definition) is 1. The number of halogens is 3. The lowest BCUT2D eigenvalue weighted by atomic mass is 9.81. The summed E-state index contributed by atoms with van der Waals surface area (Å²) in [6, 6.07) is 23.6. The first-order valence-electron chi connectivity index (χ1n) is 9.44. The summed E-state index contributed by atoms with van der Waals surface area (Å²) in [4.78, 5) is 0. The van der Waals surface area contributed by atoms with Crippen molar-refractivity contribution in [2.75, 3.05) is 0 Å². The first-order valence-corrected chi connectivity index (χ1v) is 9.82. The third-order valence-electron chi connectivity index (χ3n) is 4.75. The number of ether oxygens (including phenoxy) is 1. The van der Waals surface area contributed by atoms with E-state index in [-0.39, 0.29) is 12.8 Å². The maximum atomic E-state index is 14.6. The highest BCUT2D eigenvalue weighted by atomic mass is 35.5. The van der Waals surface area contributed by atoms with Gasteiger partial charge in [-0.05, 0) is 52.9 Å². The van der Waals surface area contributed by atoms with E-state index in [4.69, 9.17) is 16.3 Å². The quantitative estimate of drug-likeness (QED) is 0.380. The molecule has 0 aromatic heterocycles. The molecular weight excluding hydrogens is 390 g/mol. The van der Waals surface area contributed by atoms with E-state index in [0.29, 0.717) is 22.1 Å². The molecule has 0 N–H and O–H groups in total. The fourth-order valence-electron chi connectivity index (χ4n) is 3.11. The molecule has 29 heavy (non-hydrogen) atoms. The predicted molar refractivity (Wildman–Crippen MR) is 115 cm³/mol. The third kappa shape index (κ3) is 5.91. The normalized spacial score (nSPS) is 12.4. The molecule has 3 aromatic carbocycles. The van der Waals surface area contributed by atoms with Crippen molar-refractivity contribution in [3.05, 3.63) is 107 Å². The lowest BCUT2D eigenvalue weighted by molar-refractivity contribution is 0.419. The van der Waals surface area contributed by atoms with Gasteiger partial charge in [0.25, 0.3) is 0 Å². The zero-order chi connectivity index (χ0) is 20.9. The Bertz CT molecular complexity index is 979. The molecule has 0 aliphatic heterocycles. The zero-order valence-corrected chi connectivity index (χ0v) is 17.2. The molecule has 1 nitrogen and oxygen atoms in total. The summed E-state index contributed by atoms with van der Waals surface area (Å²) < 4.78 is 35.0. The van der Waals surface area contributed by atoms with Gasteiger partial charge in [0.1, 0.15) is 23.2 Å². The highest BCUT2D eigenvalue weighted by Crippen LogP contribution is 2.34. The van der Waals surface area contributed by atoms with Crippen LogP contribution in [-0.2, 0) is 11.8 Å². The molecule has 0 unspecified atom stereocenters. The minimum absolute atomic E-state index is 0.0271. The summed E-state index contributed by atoms with van der Waals surface area (Å²) >= 11 is 5.92. The van der Waals surface area contributed by atoms with Crippen molar-refractivity contribution in [1.82, 2.24) is 0 Å². The SMILES string of the molecule is CC(C)(C/C(F)=C(\F)Cc1cccc(Oc2ccccc2)c1)c1ccc(Cl)cc1. The van der Waals surface area contributed by atoms with E-state index in [2.05, 4.69) is 0 Å². The Hall–Kier alpha value is -2.65. The number of benzene rings is 3. The molecule has 0 atom stereocenters. The molecule has 3 rings (SSSR count). The molecule has 4 heteroatoms. The van der Waals surface area contributed by atoms with Crippen LogP contribution in [0.1, 0.15) is 31.4 Å². The van der Waals surface area contributed by atoms with Gasteiger partial charge >= 0.3 is 0 Å². The largest absolute Gasteiger partial charge is 0.457 e. The molecule has 3 aromatic rings. The summed E-state index contributed by atoms with van der Waals surface area (Å²) in [5, 5.41) is 0.615. The van der Waals surface area contributed by atoms with E-state index in [1.54, 1.807) is 36.4 Å². The molecule has 0 fully saturated rings. The minimum Gasteiger partial charge on any atom is -0.457 e. The first kappa shape index (κ1) is 21.1. The van der Waals surface area contributed by atoms with Crippen molar-refractivity contribution in [3.63, 3.8) is 0 Å². The summed E-state index contributed by atoms with van der Waals surface area (Å²) in [6.45, 7) is 3.77.